The molecule has 2 N–H and O–H groups in total. The molecule has 1 heterocycles. The molecule has 0 spiro atoms. The topological polar surface area (TPSA) is 43.8 Å². The lowest BCUT2D eigenvalue weighted by atomic mass is 10.1. The van der Waals surface area contributed by atoms with E-state index in [4.69, 9.17) is 5.73 Å². The molecule has 0 bridgehead atoms. The Hall–Kier alpha value is -2.81. The van der Waals surface area contributed by atoms with Crippen LogP contribution in [0.3, 0.4) is 0 Å². The quantitative estimate of drug-likeness (QED) is 0.643. The first-order valence-corrected chi connectivity index (χ1v) is 7.72. The Bertz CT molecular complexity index is 939. The third-order valence-electron chi connectivity index (χ3n) is 4.00. The van der Waals surface area contributed by atoms with Gasteiger partial charge in [0.25, 0.3) is 0 Å². The van der Waals surface area contributed by atoms with E-state index in [9.17, 15) is 26.3 Å². The second kappa shape index (κ2) is 6.73. The molecule has 3 nitrogen and oxygen atoms in total. The number of nitrogens with zero attached hydrogens (tertiary/aromatic N) is 2. The smallest absolute Gasteiger partial charge is 0.326 e. The zero-order valence-electron chi connectivity index (χ0n) is 13.6. The van der Waals surface area contributed by atoms with Gasteiger partial charge in [0.2, 0.25) is 0 Å². The molecule has 0 saturated carbocycles. The van der Waals surface area contributed by atoms with Crippen LogP contribution in [-0.2, 0) is 18.9 Å². The van der Waals surface area contributed by atoms with Crippen LogP contribution in [0.2, 0.25) is 0 Å². The van der Waals surface area contributed by atoms with Gasteiger partial charge in [-0.15, -0.1) is 0 Å². The Kier molecular flexibility index (Phi) is 4.73. The van der Waals surface area contributed by atoms with Gasteiger partial charge in [-0.3, -0.25) is 0 Å². The second-order valence-corrected chi connectivity index (χ2v) is 5.79. The fourth-order valence-corrected chi connectivity index (χ4v) is 2.59. The normalized spacial score (nSPS) is 12.4. The van der Waals surface area contributed by atoms with Crippen molar-refractivity contribution < 1.29 is 26.3 Å². The fourth-order valence-electron chi connectivity index (χ4n) is 2.59. The van der Waals surface area contributed by atoms with Crippen molar-refractivity contribution in [2.45, 2.75) is 18.9 Å². The lowest BCUT2D eigenvalue weighted by Gasteiger charge is -2.13. The van der Waals surface area contributed by atoms with Crippen LogP contribution >= 0.6 is 0 Å². The minimum atomic E-state index is -4.52. The van der Waals surface area contributed by atoms with Gasteiger partial charge in [0.05, 0.1) is 28.8 Å². The summed E-state index contributed by atoms with van der Waals surface area (Å²) in [6.45, 7) is 0.0151. The van der Waals surface area contributed by atoms with Gasteiger partial charge in [-0.05, 0) is 29.8 Å². The number of rotatable bonds is 3. The molecule has 27 heavy (non-hydrogen) atoms. The van der Waals surface area contributed by atoms with E-state index < -0.39 is 23.5 Å². The van der Waals surface area contributed by atoms with Crippen LogP contribution in [0.15, 0.2) is 55.0 Å². The second-order valence-electron chi connectivity index (χ2n) is 5.79. The molecule has 0 aliphatic rings. The summed E-state index contributed by atoms with van der Waals surface area (Å²) in [4.78, 5) is 4.08. The first-order chi connectivity index (χ1) is 12.6. The highest BCUT2D eigenvalue weighted by molar-refractivity contribution is 5.60. The highest BCUT2D eigenvalue weighted by atomic mass is 19.4. The molecule has 0 amide bonds. The first kappa shape index (κ1) is 19.0. The minimum absolute atomic E-state index is 0.0151. The summed E-state index contributed by atoms with van der Waals surface area (Å²) in [5.41, 5.74) is 5.38. The van der Waals surface area contributed by atoms with E-state index in [1.165, 1.54) is 35.3 Å². The maximum Gasteiger partial charge on any atom is 0.416 e. The van der Waals surface area contributed by atoms with Crippen molar-refractivity contribution in [2.24, 2.45) is 5.73 Å². The van der Waals surface area contributed by atoms with E-state index >= 15 is 0 Å². The van der Waals surface area contributed by atoms with E-state index in [0.29, 0.717) is 16.8 Å². The predicted molar refractivity (Wildman–Crippen MR) is 86.9 cm³/mol. The Morgan fingerprint density at radius 1 is 0.852 bits per heavy atom. The Morgan fingerprint density at radius 3 is 2.00 bits per heavy atom. The number of hydrogen-bond donors (Lipinski definition) is 1. The van der Waals surface area contributed by atoms with E-state index in [2.05, 4.69) is 4.98 Å². The maximum atomic E-state index is 13.0. The number of aromatic nitrogens is 2. The molecule has 3 aromatic rings. The first-order valence-electron chi connectivity index (χ1n) is 7.72. The standard InChI is InChI=1S/C18H13F6N3/c19-17(20,21)13-4-1-11(2-5-13)15-9-27(10-26-15)16-7-14(18(22,23)24)6-3-12(16)8-25/h1-7,9-10H,8,25H2. The summed E-state index contributed by atoms with van der Waals surface area (Å²) < 4.78 is 78.2. The molecule has 142 valence electrons. The number of imidazole rings is 1. The van der Waals surface area contributed by atoms with Crippen LogP contribution in [0.4, 0.5) is 26.3 Å². The van der Waals surface area contributed by atoms with Gasteiger partial charge in [0, 0.05) is 18.3 Å². The van der Waals surface area contributed by atoms with Crippen molar-refractivity contribution in [2.75, 3.05) is 0 Å². The van der Waals surface area contributed by atoms with Crippen LogP contribution in [0.5, 0.6) is 0 Å². The van der Waals surface area contributed by atoms with E-state index in [0.717, 1.165) is 24.3 Å². The zero-order chi connectivity index (χ0) is 19.8. The molecule has 2 aromatic carbocycles. The highest BCUT2D eigenvalue weighted by Gasteiger charge is 2.31. The summed E-state index contributed by atoms with van der Waals surface area (Å²) in [7, 11) is 0. The molecule has 0 fully saturated rings. The molecule has 0 aliphatic heterocycles. The average molecular weight is 385 g/mol. The lowest BCUT2D eigenvalue weighted by molar-refractivity contribution is -0.138. The zero-order valence-corrected chi connectivity index (χ0v) is 13.6. The van der Waals surface area contributed by atoms with Crippen LogP contribution in [0.25, 0.3) is 16.9 Å². The number of halogens is 6. The van der Waals surface area contributed by atoms with Crippen LogP contribution < -0.4 is 5.73 Å². The largest absolute Gasteiger partial charge is 0.416 e. The average Bonchev–Trinajstić information content (AvgIpc) is 3.09. The molecule has 9 heteroatoms. The molecular weight excluding hydrogens is 372 g/mol. The van der Waals surface area contributed by atoms with E-state index in [1.807, 2.05) is 0 Å². The van der Waals surface area contributed by atoms with E-state index in [-0.39, 0.29) is 12.2 Å². The van der Waals surface area contributed by atoms with Crippen molar-refractivity contribution in [3.63, 3.8) is 0 Å². The summed E-state index contributed by atoms with van der Waals surface area (Å²) in [6.07, 6.45) is -6.23. The summed E-state index contributed by atoms with van der Waals surface area (Å²) in [5.74, 6) is 0. The molecule has 3 rings (SSSR count). The third kappa shape index (κ3) is 3.97. The molecule has 0 unspecified atom stereocenters. The van der Waals surface area contributed by atoms with Gasteiger partial charge >= 0.3 is 12.4 Å². The van der Waals surface area contributed by atoms with Crippen LogP contribution in [-0.4, -0.2) is 9.55 Å². The summed E-state index contributed by atoms with van der Waals surface area (Å²) >= 11 is 0. The highest BCUT2D eigenvalue weighted by Crippen LogP contribution is 2.33. The summed E-state index contributed by atoms with van der Waals surface area (Å²) in [6, 6.07) is 7.54. The van der Waals surface area contributed by atoms with E-state index in [1.54, 1.807) is 0 Å². The molecule has 0 saturated heterocycles. The van der Waals surface area contributed by atoms with Gasteiger partial charge in [-0.2, -0.15) is 26.3 Å². The van der Waals surface area contributed by atoms with Gasteiger partial charge in [0.15, 0.2) is 0 Å². The number of benzene rings is 2. The van der Waals surface area contributed by atoms with Gasteiger partial charge in [-0.25, -0.2) is 4.98 Å². The number of hydrogen-bond acceptors (Lipinski definition) is 2. The third-order valence-corrected chi connectivity index (χ3v) is 4.00. The predicted octanol–water partition coefficient (Wildman–Crippen LogP) is 5.04. The SMILES string of the molecule is NCc1ccc(C(F)(F)F)cc1-n1cnc(-c2ccc(C(F)(F)F)cc2)c1. The lowest BCUT2D eigenvalue weighted by Crippen LogP contribution is -2.09. The van der Waals surface area contributed by atoms with Crippen molar-refractivity contribution in [3.8, 4) is 16.9 Å². The van der Waals surface area contributed by atoms with Crippen LogP contribution in [0, 0.1) is 0 Å². The molecule has 0 aliphatic carbocycles. The Morgan fingerprint density at radius 2 is 1.44 bits per heavy atom. The Labute approximate surface area is 150 Å². The van der Waals surface area contributed by atoms with Gasteiger partial charge in [0.1, 0.15) is 0 Å². The number of alkyl halides is 6. The van der Waals surface area contributed by atoms with Gasteiger partial charge in [-0.1, -0.05) is 18.2 Å². The van der Waals surface area contributed by atoms with Crippen molar-refractivity contribution in [1.29, 1.82) is 0 Å². The van der Waals surface area contributed by atoms with Crippen molar-refractivity contribution in [3.05, 3.63) is 71.7 Å². The molecular formula is C18H13F6N3. The van der Waals surface area contributed by atoms with Crippen molar-refractivity contribution >= 4 is 0 Å². The minimum Gasteiger partial charge on any atom is -0.326 e. The fraction of sp³-hybridized carbons (Fsp3) is 0.167. The molecule has 0 atom stereocenters. The van der Waals surface area contributed by atoms with Crippen LogP contribution in [0.1, 0.15) is 16.7 Å². The summed E-state index contributed by atoms with van der Waals surface area (Å²) in [5, 5.41) is 0. The molecule has 0 radical (unpaired) electrons. The Balaban J connectivity index is 1.98. The maximum absolute atomic E-state index is 13.0. The molecule has 1 aromatic heterocycles. The van der Waals surface area contributed by atoms with Gasteiger partial charge < -0.3 is 10.3 Å². The van der Waals surface area contributed by atoms with Crippen molar-refractivity contribution in [1.82, 2.24) is 9.55 Å². The monoisotopic (exact) mass is 385 g/mol. The number of nitrogens with two attached hydrogens (primary N) is 1.